The Bertz CT molecular complexity index is 627. The van der Waals surface area contributed by atoms with Gasteiger partial charge in [0.25, 0.3) is 0 Å². The summed E-state index contributed by atoms with van der Waals surface area (Å²) >= 11 is 6.16. The summed E-state index contributed by atoms with van der Waals surface area (Å²) in [5.74, 6) is -1.05. The van der Waals surface area contributed by atoms with Crippen molar-refractivity contribution >= 4 is 17.6 Å². The Kier molecular flexibility index (Phi) is 3.37. The van der Waals surface area contributed by atoms with Gasteiger partial charge in [-0.25, -0.2) is 9.48 Å². The Morgan fingerprint density at radius 1 is 1.32 bits per heavy atom. The molecule has 0 radical (unpaired) electrons. The Balaban J connectivity index is 2.69. The smallest absolute Gasteiger partial charge is 0.356 e. The van der Waals surface area contributed by atoms with Gasteiger partial charge in [-0.3, -0.25) is 0 Å². The van der Waals surface area contributed by atoms with Gasteiger partial charge in [-0.2, -0.15) is 5.10 Å². The summed E-state index contributed by atoms with van der Waals surface area (Å²) in [5.41, 5.74) is 1.27. The molecule has 0 saturated carbocycles. The SMILES string of the molecule is CC(C)(C)c1cc(C(=O)O)nn1-c1ccccc1Cl. The predicted molar refractivity (Wildman–Crippen MR) is 74.2 cm³/mol. The van der Waals surface area contributed by atoms with Gasteiger partial charge >= 0.3 is 5.97 Å². The molecule has 1 N–H and O–H groups in total. The highest BCUT2D eigenvalue weighted by atomic mass is 35.5. The number of rotatable bonds is 2. The van der Waals surface area contributed by atoms with Crippen LogP contribution in [-0.4, -0.2) is 20.9 Å². The molecule has 1 aromatic carbocycles. The molecule has 0 amide bonds. The molecule has 0 aliphatic heterocycles. The minimum absolute atomic E-state index is 0.0184. The van der Waals surface area contributed by atoms with Crippen LogP contribution in [0.2, 0.25) is 5.02 Å². The molecular weight excluding hydrogens is 264 g/mol. The number of carboxylic acids is 1. The third-order valence-electron chi connectivity index (χ3n) is 2.78. The fraction of sp³-hybridized carbons (Fsp3) is 0.286. The molecule has 100 valence electrons. The maximum absolute atomic E-state index is 11.1. The molecular formula is C14H15ClN2O2. The van der Waals surface area contributed by atoms with Gasteiger partial charge < -0.3 is 5.11 Å². The second-order valence-corrected chi connectivity index (χ2v) is 5.74. The second kappa shape index (κ2) is 4.70. The molecule has 0 atom stereocenters. The molecule has 0 saturated heterocycles. The number of benzene rings is 1. The highest BCUT2D eigenvalue weighted by Crippen LogP contribution is 2.28. The molecule has 0 aliphatic rings. The van der Waals surface area contributed by atoms with Gasteiger partial charge in [0.1, 0.15) is 0 Å². The first-order valence-electron chi connectivity index (χ1n) is 5.89. The van der Waals surface area contributed by atoms with Gasteiger partial charge in [0, 0.05) is 5.41 Å². The van der Waals surface area contributed by atoms with Crippen molar-refractivity contribution in [3.05, 3.63) is 46.7 Å². The largest absolute Gasteiger partial charge is 0.476 e. The Morgan fingerprint density at radius 3 is 2.47 bits per heavy atom. The molecule has 0 fully saturated rings. The van der Waals surface area contributed by atoms with E-state index >= 15 is 0 Å². The molecule has 19 heavy (non-hydrogen) atoms. The third kappa shape index (κ3) is 2.63. The molecule has 1 heterocycles. The minimum atomic E-state index is -1.05. The molecule has 0 bridgehead atoms. The van der Waals surface area contributed by atoms with Gasteiger partial charge in [0.15, 0.2) is 5.69 Å². The summed E-state index contributed by atoms with van der Waals surface area (Å²) in [5, 5.41) is 13.8. The van der Waals surface area contributed by atoms with Crippen LogP contribution in [0.5, 0.6) is 0 Å². The molecule has 2 rings (SSSR count). The van der Waals surface area contributed by atoms with Crippen LogP contribution >= 0.6 is 11.6 Å². The van der Waals surface area contributed by atoms with Crippen molar-refractivity contribution in [3.63, 3.8) is 0 Å². The summed E-state index contributed by atoms with van der Waals surface area (Å²) in [6.07, 6.45) is 0. The molecule has 0 spiro atoms. The van der Waals surface area contributed by atoms with E-state index in [-0.39, 0.29) is 11.1 Å². The minimum Gasteiger partial charge on any atom is -0.476 e. The quantitative estimate of drug-likeness (QED) is 0.914. The van der Waals surface area contributed by atoms with Crippen molar-refractivity contribution in [1.29, 1.82) is 0 Å². The zero-order valence-corrected chi connectivity index (χ0v) is 11.8. The van der Waals surface area contributed by atoms with Crippen LogP contribution in [-0.2, 0) is 5.41 Å². The van der Waals surface area contributed by atoms with Crippen LogP contribution in [0.4, 0.5) is 0 Å². The van der Waals surface area contributed by atoms with Crippen LogP contribution in [0.25, 0.3) is 5.69 Å². The average molecular weight is 279 g/mol. The Labute approximate surface area is 116 Å². The fourth-order valence-electron chi connectivity index (χ4n) is 1.83. The third-order valence-corrected chi connectivity index (χ3v) is 3.10. The van der Waals surface area contributed by atoms with Crippen molar-refractivity contribution in [1.82, 2.24) is 9.78 Å². The molecule has 0 unspecified atom stereocenters. The monoisotopic (exact) mass is 278 g/mol. The zero-order chi connectivity index (χ0) is 14.2. The number of hydrogen-bond donors (Lipinski definition) is 1. The molecule has 2 aromatic rings. The first kappa shape index (κ1) is 13.6. The Morgan fingerprint density at radius 2 is 1.95 bits per heavy atom. The summed E-state index contributed by atoms with van der Waals surface area (Å²) in [6.45, 7) is 6.01. The highest BCUT2D eigenvalue weighted by Gasteiger charge is 2.24. The van der Waals surface area contributed by atoms with E-state index in [1.165, 1.54) is 0 Å². The van der Waals surface area contributed by atoms with Crippen LogP contribution in [0, 0.1) is 0 Å². The first-order valence-corrected chi connectivity index (χ1v) is 6.27. The second-order valence-electron chi connectivity index (χ2n) is 5.33. The number of nitrogens with zero attached hydrogens (tertiary/aromatic N) is 2. The number of aromatic carboxylic acids is 1. The van der Waals surface area contributed by atoms with Gasteiger partial charge in [0.05, 0.1) is 16.4 Å². The fourth-order valence-corrected chi connectivity index (χ4v) is 2.04. The van der Waals surface area contributed by atoms with Crippen LogP contribution in [0.3, 0.4) is 0 Å². The van der Waals surface area contributed by atoms with Crippen LogP contribution in [0.1, 0.15) is 37.0 Å². The summed E-state index contributed by atoms with van der Waals surface area (Å²) in [6, 6.07) is 8.83. The van der Waals surface area contributed by atoms with E-state index in [9.17, 15) is 4.79 Å². The molecule has 4 nitrogen and oxygen atoms in total. The lowest BCUT2D eigenvalue weighted by Crippen LogP contribution is -2.17. The normalized spacial score (nSPS) is 11.6. The number of hydrogen-bond acceptors (Lipinski definition) is 2. The van der Waals surface area contributed by atoms with Crippen LogP contribution < -0.4 is 0 Å². The average Bonchev–Trinajstić information content (AvgIpc) is 2.74. The highest BCUT2D eigenvalue weighted by molar-refractivity contribution is 6.32. The number of carboxylic acid groups (broad SMARTS) is 1. The van der Waals surface area contributed by atoms with Gasteiger partial charge in [0.2, 0.25) is 0 Å². The molecule has 5 heteroatoms. The van der Waals surface area contributed by atoms with Crippen molar-refractivity contribution in [2.24, 2.45) is 0 Å². The molecule has 0 aliphatic carbocycles. The van der Waals surface area contributed by atoms with Crippen molar-refractivity contribution in [2.45, 2.75) is 26.2 Å². The number of halogens is 1. The number of carbonyl (C=O) groups is 1. The van der Waals surface area contributed by atoms with E-state index in [0.29, 0.717) is 10.7 Å². The van der Waals surface area contributed by atoms with Gasteiger partial charge in [-0.1, -0.05) is 44.5 Å². The van der Waals surface area contributed by atoms with E-state index in [1.54, 1.807) is 16.8 Å². The summed E-state index contributed by atoms with van der Waals surface area (Å²) < 4.78 is 1.60. The Hall–Kier alpha value is -1.81. The van der Waals surface area contributed by atoms with Crippen molar-refractivity contribution < 1.29 is 9.90 Å². The predicted octanol–water partition coefficient (Wildman–Crippen LogP) is 3.52. The lowest BCUT2D eigenvalue weighted by atomic mass is 9.91. The number of aromatic nitrogens is 2. The van der Waals surface area contributed by atoms with E-state index in [1.807, 2.05) is 39.0 Å². The van der Waals surface area contributed by atoms with E-state index < -0.39 is 5.97 Å². The summed E-state index contributed by atoms with van der Waals surface area (Å²) in [4.78, 5) is 11.1. The maximum atomic E-state index is 11.1. The lowest BCUT2D eigenvalue weighted by Gasteiger charge is -2.20. The standard InChI is InChI=1S/C14H15ClN2O2/c1-14(2,3)12-8-10(13(18)19)16-17(12)11-7-5-4-6-9(11)15/h4-8H,1-3H3,(H,18,19). The van der Waals surface area contributed by atoms with Gasteiger partial charge in [-0.05, 0) is 18.2 Å². The van der Waals surface area contributed by atoms with E-state index in [4.69, 9.17) is 16.7 Å². The van der Waals surface area contributed by atoms with Crippen molar-refractivity contribution in [2.75, 3.05) is 0 Å². The van der Waals surface area contributed by atoms with E-state index in [0.717, 1.165) is 5.69 Å². The maximum Gasteiger partial charge on any atom is 0.356 e. The zero-order valence-electron chi connectivity index (χ0n) is 11.0. The van der Waals surface area contributed by atoms with Crippen molar-refractivity contribution in [3.8, 4) is 5.69 Å². The summed E-state index contributed by atoms with van der Waals surface area (Å²) in [7, 11) is 0. The van der Waals surface area contributed by atoms with E-state index in [2.05, 4.69) is 5.10 Å². The topological polar surface area (TPSA) is 55.1 Å². The first-order chi connectivity index (χ1) is 8.80. The number of para-hydroxylation sites is 1. The molecule has 1 aromatic heterocycles. The van der Waals surface area contributed by atoms with Gasteiger partial charge in [-0.15, -0.1) is 0 Å². The van der Waals surface area contributed by atoms with Crippen LogP contribution in [0.15, 0.2) is 30.3 Å². The lowest BCUT2D eigenvalue weighted by molar-refractivity contribution is 0.0690.